The Kier molecular flexibility index (Phi) is 5.64. The Morgan fingerprint density at radius 1 is 1.50 bits per heavy atom. The molecule has 1 N–H and O–H groups in total. The number of likely N-dealkylation sites (N-methyl/N-ethyl adjacent to an activating group) is 1. The van der Waals surface area contributed by atoms with Crippen LogP contribution >= 0.6 is 0 Å². The molecule has 20 heavy (non-hydrogen) atoms. The molecule has 0 unspecified atom stereocenters. The molecule has 1 aromatic rings. The highest BCUT2D eigenvalue weighted by Crippen LogP contribution is 2.32. The van der Waals surface area contributed by atoms with Gasteiger partial charge in [0.1, 0.15) is 12.2 Å². The zero-order valence-electron chi connectivity index (χ0n) is 11.7. The topological polar surface area (TPSA) is 88.1 Å². The van der Waals surface area contributed by atoms with Crippen molar-refractivity contribution in [3.8, 4) is 0 Å². The number of rotatable bonds is 7. The summed E-state index contributed by atoms with van der Waals surface area (Å²) >= 11 is 0. The van der Waals surface area contributed by atoms with E-state index in [4.69, 9.17) is 4.74 Å². The number of nitrogens with one attached hydrogen (secondary N) is 1. The number of nitrogens with zero attached hydrogens (tertiary/aromatic N) is 2. The van der Waals surface area contributed by atoms with Crippen LogP contribution in [-0.4, -0.2) is 39.5 Å². The molecule has 0 fully saturated rings. The lowest BCUT2D eigenvalue weighted by molar-refractivity contribution is -0.141. The van der Waals surface area contributed by atoms with E-state index in [0.717, 1.165) is 0 Å². The number of nitroso groups, excluding NO2 is 1. The standard InChI is InChI=1S/C13H17N3O4/c1-4-20-13(18)7-16(3)12-6-10(14-2)11(15-19)5-9(12)8-17/h5-6,8,14H,4,7H2,1-3H3. The first-order chi connectivity index (χ1) is 9.57. The van der Waals surface area contributed by atoms with Crippen LogP contribution in [0.1, 0.15) is 17.3 Å². The number of aldehydes is 1. The summed E-state index contributed by atoms with van der Waals surface area (Å²) in [6.07, 6.45) is 0.616. The van der Waals surface area contributed by atoms with Gasteiger partial charge in [0, 0.05) is 25.3 Å². The molecule has 108 valence electrons. The maximum absolute atomic E-state index is 11.5. The van der Waals surface area contributed by atoms with Gasteiger partial charge in [-0.15, -0.1) is 4.91 Å². The lowest BCUT2D eigenvalue weighted by Gasteiger charge is -2.21. The number of carbonyl (C=O) groups excluding carboxylic acids is 2. The Labute approximate surface area is 116 Å². The molecule has 0 heterocycles. The zero-order chi connectivity index (χ0) is 15.1. The summed E-state index contributed by atoms with van der Waals surface area (Å²) < 4.78 is 4.86. The molecule has 0 atom stereocenters. The Hall–Kier alpha value is -2.44. The van der Waals surface area contributed by atoms with E-state index >= 15 is 0 Å². The van der Waals surface area contributed by atoms with Gasteiger partial charge in [-0.25, -0.2) is 0 Å². The summed E-state index contributed by atoms with van der Waals surface area (Å²) in [5.41, 5.74) is 1.43. The highest BCUT2D eigenvalue weighted by Gasteiger charge is 2.15. The zero-order valence-corrected chi connectivity index (χ0v) is 11.7. The smallest absolute Gasteiger partial charge is 0.325 e. The van der Waals surface area contributed by atoms with E-state index in [1.165, 1.54) is 6.07 Å². The van der Waals surface area contributed by atoms with Crippen LogP contribution in [0.25, 0.3) is 0 Å². The van der Waals surface area contributed by atoms with Crippen molar-refractivity contribution < 1.29 is 14.3 Å². The number of benzene rings is 1. The fourth-order valence-corrected chi connectivity index (χ4v) is 1.78. The third kappa shape index (κ3) is 3.53. The number of anilines is 2. The van der Waals surface area contributed by atoms with Crippen LogP contribution in [0.5, 0.6) is 0 Å². The molecule has 0 radical (unpaired) electrons. The van der Waals surface area contributed by atoms with Crippen LogP contribution in [0.2, 0.25) is 0 Å². The Balaban J connectivity index is 3.12. The third-order valence-electron chi connectivity index (χ3n) is 2.72. The third-order valence-corrected chi connectivity index (χ3v) is 2.72. The molecule has 0 aromatic heterocycles. The van der Waals surface area contributed by atoms with Crippen molar-refractivity contribution >= 4 is 29.3 Å². The molecule has 7 nitrogen and oxygen atoms in total. The maximum atomic E-state index is 11.5. The number of hydrogen-bond acceptors (Lipinski definition) is 7. The number of carbonyl (C=O) groups is 2. The largest absolute Gasteiger partial charge is 0.465 e. The van der Waals surface area contributed by atoms with Gasteiger partial charge in [-0.3, -0.25) is 9.59 Å². The van der Waals surface area contributed by atoms with Gasteiger partial charge in [-0.05, 0) is 24.2 Å². The predicted octanol–water partition coefficient (Wildman–Crippen LogP) is 1.94. The molecule has 7 heteroatoms. The van der Waals surface area contributed by atoms with E-state index in [2.05, 4.69) is 10.5 Å². The van der Waals surface area contributed by atoms with Crippen LogP contribution in [0.15, 0.2) is 17.3 Å². The van der Waals surface area contributed by atoms with E-state index in [1.807, 2.05) is 0 Å². The maximum Gasteiger partial charge on any atom is 0.325 e. The van der Waals surface area contributed by atoms with Gasteiger partial charge >= 0.3 is 5.97 Å². The minimum atomic E-state index is -0.393. The van der Waals surface area contributed by atoms with E-state index in [9.17, 15) is 14.5 Å². The summed E-state index contributed by atoms with van der Waals surface area (Å²) in [5, 5.41) is 5.68. The summed E-state index contributed by atoms with van der Waals surface area (Å²) in [5.74, 6) is -0.393. The SMILES string of the molecule is CCOC(=O)CN(C)c1cc(NC)c(N=O)cc1C=O. The van der Waals surface area contributed by atoms with Crippen LogP contribution in [-0.2, 0) is 9.53 Å². The Bertz CT molecular complexity index is 517. The molecule has 1 aromatic carbocycles. The summed E-state index contributed by atoms with van der Waals surface area (Å²) in [6, 6.07) is 2.97. The average molecular weight is 279 g/mol. The first kappa shape index (κ1) is 15.6. The van der Waals surface area contributed by atoms with Crippen molar-refractivity contribution in [2.24, 2.45) is 5.18 Å². The van der Waals surface area contributed by atoms with Gasteiger partial charge in [0.15, 0.2) is 6.29 Å². The van der Waals surface area contributed by atoms with Gasteiger partial charge in [0.25, 0.3) is 0 Å². The van der Waals surface area contributed by atoms with Crippen molar-refractivity contribution in [2.75, 3.05) is 37.5 Å². The van der Waals surface area contributed by atoms with Crippen molar-refractivity contribution in [2.45, 2.75) is 6.92 Å². The van der Waals surface area contributed by atoms with Crippen molar-refractivity contribution in [1.29, 1.82) is 0 Å². The highest BCUT2D eigenvalue weighted by atomic mass is 16.5. The molecular formula is C13H17N3O4. The lowest BCUT2D eigenvalue weighted by Crippen LogP contribution is -2.28. The van der Waals surface area contributed by atoms with E-state index in [0.29, 0.717) is 24.3 Å². The molecular weight excluding hydrogens is 262 g/mol. The fraction of sp³-hybridized carbons (Fsp3) is 0.385. The molecule has 0 aliphatic carbocycles. The first-order valence-corrected chi connectivity index (χ1v) is 6.08. The number of esters is 1. The monoisotopic (exact) mass is 279 g/mol. The van der Waals surface area contributed by atoms with Crippen LogP contribution in [0.4, 0.5) is 17.1 Å². The molecule has 1 rings (SSSR count). The highest BCUT2D eigenvalue weighted by molar-refractivity contribution is 5.91. The minimum absolute atomic E-state index is 0.00565. The van der Waals surface area contributed by atoms with Crippen LogP contribution in [0.3, 0.4) is 0 Å². The molecule has 0 saturated heterocycles. The van der Waals surface area contributed by atoms with Crippen molar-refractivity contribution in [3.63, 3.8) is 0 Å². The summed E-state index contributed by atoms with van der Waals surface area (Å²) in [4.78, 5) is 34.9. The second-order valence-corrected chi connectivity index (χ2v) is 4.05. The van der Waals surface area contributed by atoms with Gasteiger partial charge < -0.3 is 15.0 Å². The summed E-state index contributed by atoms with van der Waals surface area (Å²) in [6.45, 7) is 2.02. The van der Waals surface area contributed by atoms with E-state index in [-0.39, 0.29) is 17.8 Å². The second-order valence-electron chi connectivity index (χ2n) is 4.05. The first-order valence-electron chi connectivity index (χ1n) is 6.08. The lowest BCUT2D eigenvalue weighted by atomic mass is 10.1. The summed E-state index contributed by atoms with van der Waals surface area (Å²) in [7, 11) is 3.30. The number of ether oxygens (including phenoxy) is 1. The molecule has 0 saturated carbocycles. The van der Waals surface area contributed by atoms with Gasteiger partial charge in [-0.2, -0.15) is 0 Å². The van der Waals surface area contributed by atoms with E-state index < -0.39 is 5.97 Å². The fourth-order valence-electron chi connectivity index (χ4n) is 1.78. The van der Waals surface area contributed by atoms with Crippen LogP contribution in [0, 0.1) is 4.91 Å². The van der Waals surface area contributed by atoms with Gasteiger partial charge in [0.05, 0.1) is 12.3 Å². The molecule has 0 spiro atoms. The van der Waals surface area contributed by atoms with Gasteiger partial charge in [-0.1, -0.05) is 0 Å². The predicted molar refractivity (Wildman–Crippen MR) is 76.7 cm³/mol. The van der Waals surface area contributed by atoms with Crippen LogP contribution < -0.4 is 10.2 Å². The van der Waals surface area contributed by atoms with Crippen molar-refractivity contribution in [3.05, 3.63) is 22.6 Å². The minimum Gasteiger partial charge on any atom is -0.465 e. The molecule has 0 bridgehead atoms. The second kappa shape index (κ2) is 7.22. The quantitative estimate of drug-likeness (QED) is 0.466. The Morgan fingerprint density at radius 3 is 2.70 bits per heavy atom. The molecule has 0 aliphatic heterocycles. The van der Waals surface area contributed by atoms with Gasteiger partial charge in [0.2, 0.25) is 0 Å². The normalized spacial score (nSPS) is 9.75. The van der Waals surface area contributed by atoms with E-state index in [1.54, 1.807) is 32.0 Å². The molecule has 0 aliphatic rings. The molecule has 0 amide bonds. The Morgan fingerprint density at radius 2 is 2.20 bits per heavy atom. The average Bonchev–Trinajstić information content (AvgIpc) is 2.45. The van der Waals surface area contributed by atoms with Crippen molar-refractivity contribution in [1.82, 2.24) is 0 Å². The number of hydrogen-bond donors (Lipinski definition) is 1.